The van der Waals surface area contributed by atoms with Gasteiger partial charge in [-0.25, -0.2) is 8.78 Å². The second kappa shape index (κ2) is 5.45. The molecule has 1 amide bonds. The molecule has 2 aromatic rings. The number of benzene rings is 2. The summed E-state index contributed by atoms with van der Waals surface area (Å²) in [4.78, 5) is 12.2. The molecule has 0 spiro atoms. The molecule has 2 nitrogen and oxygen atoms in total. The van der Waals surface area contributed by atoms with Crippen LogP contribution in [0.3, 0.4) is 0 Å². The number of fused-ring (bicyclic) bond motifs is 1. The van der Waals surface area contributed by atoms with Gasteiger partial charge in [0, 0.05) is 0 Å². The summed E-state index contributed by atoms with van der Waals surface area (Å²) < 4.78 is 26.8. The van der Waals surface area contributed by atoms with Gasteiger partial charge in [0.25, 0.3) is 5.91 Å². The Morgan fingerprint density at radius 3 is 2.71 bits per heavy atom. The zero-order chi connectivity index (χ0) is 15.0. The Hall–Kier alpha value is -1.94. The Morgan fingerprint density at radius 1 is 1.14 bits per heavy atom. The van der Waals surface area contributed by atoms with Crippen LogP contribution in [0.4, 0.5) is 8.78 Å². The summed E-state index contributed by atoms with van der Waals surface area (Å²) in [6.45, 7) is 0. The van der Waals surface area contributed by atoms with Gasteiger partial charge in [0.05, 0.1) is 17.0 Å². The van der Waals surface area contributed by atoms with E-state index in [1.807, 2.05) is 24.3 Å². The lowest BCUT2D eigenvalue weighted by Crippen LogP contribution is -2.32. The molecule has 3 rings (SSSR count). The van der Waals surface area contributed by atoms with Gasteiger partial charge in [-0.05, 0) is 29.7 Å². The molecule has 1 N–H and O–H groups in total. The van der Waals surface area contributed by atoms with Crippen molar-refractivity contribution in [3.63, 3.8) is 0 Å². The van der Waals surface area contributed by atoms with Crippen molar-refractivity contribution in [1.29, 1.82) is 0 Å². The average Bonchev–Trinajstić information content (AvgIpc) is 2.78. The molecule has 5 heteroatoms. The highest BCUT2D eigenvalue weighted by molar-refractivity contribution is 6.21. The van der Waals surface area contributed by atoms with Crippen molar-refractivity contribution in [3.8, 4) is 0 Å². The monoisotopic (exact) mass is 307 g/mol. The predicted molar refractivity (Wildman–Crippen MR) is 76.4 cm³/mol. The van der Waals surface area contributed by atoms with Crippen LogP contribution in [0.1, 0.15) is 27.5 Å². The first-order chi connectivity index (χ1) is 10.1. The van der Waals surface area contributed by atoms with E-state index < -0.39 is 23.6 Å². The molecule has 1 aliphatic rings. The Balaban J connectivity index is 1.87. The number of hydrogen-bond donors (Lipinski definition) is 1. The number of halogens is 3. The van der Waals surface area contributed by atoms with Gasteiger partial charge in [-0.3, -0.25) is 4.79 Å². The first-order valence-corrected chi connectivity index (χ1v) is 6.98. The van der Waals surface area contributed by atoms with E-state index in [0.29, 0.717) is 6.42 Å². The van der Waals surface area contributed by atoms with Crippen LogP contribution in [0.2, 0.25) is 0 Å². The molecule has 0 fully saturated rings. The van der Waals surface area contributed by atoms with Crippen LogP contribution < -0.4 is 5.32 Å². The van der Waals surface area contributed by atoms with Crippen molar-refractivity contribution >= 4 is 17.5 Å². The third-order valence-corrected chi connectivity index (χ3v) is 4.06. The first-order valence-electron chi connectivity index (χ1n) is 6.54. The Bertz CT molecular complexity index is 704. The van der Waals surface area contributed by atoms with Gasteiger partial charge in [0.2, 0.25) is 0 Å². The van der Waals surface area contributed by atoms with Crippen LogP contribution in [0, 0.1) is 11.6 Å². The van der Waals surface area contributed by atoms with Crippen molar-refractivity contribution < 1.29 is 13.6 Å². The standard InChI is InChI=1S/C16H12ClF2NO/c17-12-8-9-4-1-2-5-10(9)15(12)20-16(21)11-6-3-7-13(18)14(11)19/h1-7,12,15H,8H2,(H,20,21). The van der Waals surface area contributed by atoms with Gasteiger partial charge in [0.15, 0.2) is 11.6 Å². The fourth-order valence-electron chi connectivity index (χ4n) is 2.61. The maximum absolute atomic E-state index is 13.7. The normalized spacial score (nSPS) is 20.1. The van der Waals surface area contributed by atoms with E-state index in [2.05, 4.69) is 5.32 Å². The summed E-state index contributed by atoms with van der Waals surface area (Å²) in [5.41, 5.74) is 1.66. The molecular weight excluding hydrogens is 296 g/mol. The molecule has 108 valence electrons. The number of nitrogens with one attached hydrogen (secondary N) is 1. The fourth-order valence-corrected chi connectivity index (χ4v) is 2.98. The maximum Gasteiger partial charge on any atom is 0.254 e. The number of carbonyl (C=O) groups is 1. The number of carbonyl (C=O) groups excluding carboxylic acids is 1. The van der Waals surface area contributed by atoms with E-state index in [9.17, 15) is 13.6 Å². The fraction of sp³-hybridized carbons (Fsp3) is 0.188. The minimum absolute atomic E-state index is 0.303. The molecule has 0 aromatic heterocycles. The van der Waals surface area contributed by atoms with Crippen LogP contribution >= 0.6 is 11.6 Å². The van der Waals surface area contributed by atoms with Crippen LogP contribution in [0.25, 0.3) is 0 Å². The van der Waals surface area contributed by atoms with Gasteiger partial charge >= 0.3 is 0 Å². The lowest BCUT2D eigenvalue weighted by atomic mass is 10.1. The highest BCUT2D eigenvalue weighted by atomic mass is 35.5. The second-order valence-electron chi connectivity index (χ2n) is 4.97. The molecule has 2 aromatic carbocycles. The quantitative estimate of drug-likeness (QED) is 0.844. The van der Waals surface area contributed by atoms with Gasteiger partial charge in [-0.2, -0.15) is 0 Å². The summed E-state index contributed by atoms with van der Waals surface area (Å²) >= 11 is 6.26. The number of hydrogen-bond acceptors (Lipinski definition) is 1. The van der Waals surface area contributed by atoms with E-state index in [4.69, 9.17) is 11.6 Å². The van der Waals surface area contributed by atoms with Gasteiger partial charge in [0.1, 0.15) is 0 Å². The Morgan fingerprint density at radius 2 is 1.90 bits per heavy atom. The molecule has 2 atom stereocenters. The first kappa shape index (κ1) is 14.0. The molecule has 0 saturated carbocycles. The van der Waals surface area contributed by atoms with E-state index in [-0.39, 0.29) is 10.9 Å². The van der Waals surface area contributed by atoms with Crippen molar-refractivity contribution in [1.82, 2.24) is 5.32 Å². The van der Waals surface area contributed by atoms with Gasteiger partial charge in [-0.15, -0.1) is 11.6 Å². The summed E-state index contributed by atoms with van der Waals surface area (Å²) in [5.74, 6) is -2.86. The number of rotatable bonds is 2. The molecular formula is C16H12ClF2NO. The third kappa shape index (κ3) is 2.51. The predicted octanol–water partition coefficient (Wildman–Crippen LogP) is 3.60. The summed E-state index contributed by atoms with van der Waals surface area (Å²) in [5, 5.41) is 2.39. The van der Waals surface area contributed by atoms with Crippen molar-refractivity contribution in [3.05, 3.63) is 70.8 Å². The Kier molecular flexibility index (Phi) is 3.64. The molecule has 0 bridgehead atoms. The van der Waals surface area contributed by atoms with Crippen LogP contribution in [0.15, 0.2) is 42.5 Å². The van der Waals surface area contributed by atoms with E-state index >= 15 is 0 Å². The highest BCUT2D eigenvalue weighted by Gasteiger charge is 2.32. The summed E-state index contributed by atoms with van der Waals surface area (Å²) in [7, 11) is 0. The smallest absolute Gasteiger partial charge is 0.254 e. The van der Waals surface area contributed by atoms with E-state index in [0.717, 1.165) is 17.2 Å². The van der Waals surface area contributed by atoms with Crippen LogP contribution in [0.5, 0.6) is 0 Å². The molecule has 1 aliphatic carbocycles. The average molecular weight is 308 g/mol. The lowest BCUT2D eigenvalue weighted by molar-refractivity contribution is 0.0932. The van der Waals surface area contributed by atoms with Gasteiger partial charge in [-0.1, -0.05) is 30.3 Å². The molecule has 21 heavy (non-hydrogen) atoms. The molecule has 0 radical (unpaired) electrons. The summed E-state index contributed by atoms with van der Waals surface area (Å²) in [6.07, 6.45) is 0.633. The number of amides is 1. The van der Waals surface area contributed by atoms with E-state index in [1.54, 1.807) is 0 Å². The van der Waals surface area contributed by atoms with Gasteiger partial charge < -0.3 is 5.32 Å². The van der Waals surface area contributed by atoms with Crippen LogP contribution in [-0.4, -0.2) is 11.3 Å². The molecule has 0 saturated heterocycles. The third-order valence-electron chi connectivity index (χ3n) is 3.65. The van der Waals surface area contributed by atoms with E-state index in [1.165, 1.54) is 12.1 Å². The second-order valence-corrected chi connectivity index (χ2v) is 5.53. The van der Waals surface area contributed by atoms with Crippen molar-refractivity contribution in [2.75, 3.05) is 0 Å². The lowest BCUT2D eigenvalue weighted by Gasteiger charge is -2.17. The zero-order valence-corrected chi connectivity index (χ0v) is 11.7. The number of alkyl halides is 1. The highest BCUT2D eigenvalue weighted by Crippen LogP contribution is 2.34. The molecule has 0 heterocycles. The SMILES string of the molecule is O=C(NC1c2ccccc2CC1Cl)c1cccc(F)c1F. The van der Waals surface area contributed by atoms with Crippen molar-refractivity contribution in [2.45, 2.75) is 17.8 Å². The zero-order valence-electron chi connectivity index (χ0n) is 10.9. The molecule has 0 aliphatic heterocycles. The summed E-state index contributed by atoms with van der Waals surface area (Å²) in [6, 6.07) is 10.7. The molecule has 2 unspecified atom stereocenters. The maximum atomic E-state index is 13.7. The van der Waals surface area contributed by atoms with Crippen LogP contribution in [-0.2, 0) is 6.42 Å². The minimum Gasteiger partial charge on any atom is -0.344 e. The van der Waals surface area contributed by atoms with Crippen molar-refractivity contribution in [2.24, 2.45) is 0 Å². The largest absolute Gasteiger partial charge is 0.344 e. The topological polar surface area (TPSA) is 29.1 Å². The Labute approximate surface area is 125 Å². The minimum atomic E-state index is -1.15.